The third-order valence-electron chi connectivity index (χ3n) is 6.94. The third kappa shape index (κ3) is 4.43. The second-order valence-corrected chi connectivity index (χ2v) is 10.5. The molecular weight excluding hydrogens is 466 g/mol. The zero-order chi connectivity index (χ0) is 26.3. The Morgan fingerprint density at radius 1 is 1.03 bits per heavy atom. The summed E-state index contributed by atoms with van der Waals surface area (Å²) in [4.78, 5) is 37.0. The summed E-state index contributed by atoms with van der Waals surface area (Å²) < 4.78 is 3.68. The maximum absolute atomic E-state index is 13.4. The van der Waals surface area contributed by atoms with Gasteiger partial charge in [-0.2, -0.15) is 0 Å². The van der Waals surface area contributed by atoms with E-state index in [-0.39, 0.29) is 16.7 Å². The summed E-state index contributed by atoms with van der Waals surface area (Å²) in [6, 6.07) is 12.8. The molecule has 4 heterocycles. The maximum Gasteiger partial charge on any atom is 0.295 e. The molecule has 1 atom stereocenters. The van der Waals surface area contributed by atoms with Crippen molar-refractivity contribution in [1.29, 1.82) is 0 Å². The molecule has 0 saturated carbocycles. The number of carbonyl (C=O) groups is 2. The van der Waals surface area contributed by atoms with E-state index in [0.717, 1.165) is 11.1 Å². The van der Waals surface area contributed by atoms with Gasteiger partial charge in [-0.3, -0.25) is 14.0 Å². The van der Waals surface area contributed by atoms with E-state index in [1.54, 1.807) is 34.9 Å². The van der Waals surface area contributed by atoms with E-state index >= 15 is 0 Å². The van der Waals surface area contributed by atoms with Crippen LogP contribution in [-0.4, -0.2) is 47.2 Å². The van der Waals surface area contributed by atoms with Crippen LogP contribution in [0.15, 0.2) is 73.0 Å². The average Bonchev–Trinajstić information content (AvgIpc) is 3.56. The number of likely N-dealkylation sites (tertiary alicyclic amines) is 1. The Morgan fingerprint density at radius 2 is 1.78 bits per heavy atom. The standard InChI is InChI=1S/C29H31N5O3/c1-19-24(33-15-6-5-8-22(33)31-19)26(35)23-25(20-9-11-21(12-10-20)29(2,3)4)34(28(37)27(23)36)16-7-14-32-17-13-30-18-32/h5-6,8-13,15,17-18,25,35H,7,14,16H2,1-4H3. The number of nitrogens with zero attached hydrogens (tertiary/aromatic N) is 5. The maximum atomic E-state index is 13.4. The van der Waals surface area contributed by atoms with Crippen molar-refractivity contribution in [2.45, 2.75) is 52.1 Å². The fraction of sp³-hybridized carbons (Fsp3) is 0.310. The smallest absolute Gasteiger partial charge is 0.295 e. The average molecular weight is 498 g/mol. The first kappa shape index (κ1) is 24.5. The van der Waals surface area contributed by atoms with Crippen LogP contribution in [0, 0.1) is 6.92 Å². The number of aliphatic hydroxyl groups is 1. The van der Waals surface area contributed by atoms with Crippen LogP contribution >= 0.6 is 0 Å². The highest BCUT2D eigenvalue weighted by Gasteiger charge is 2.46. The van der Waals surface area contributed by atoms with Crippen molar-refractivity contribution in [3.05, 3.63) is 95.5 Å². The van der Waals surface area contributed by atoms with Gasteiger partial charge in [0.25, 0.3) is 11.7 Å². The molecule has 1 fully saturated rings. The molecule has 1 saturated heterocycles. The molecule has 37 heavy (non-hydrogen) atoms. The molecule has 0 spiro atoms. The molecule has 0 bridgehead atoms. The first-order valence-electron chi connectivity index (χ1n) is 12.5. The fourth-order valence-electron chi connectivity index (χ4n) is 4.99. The molecule has 5 rings (SSSR count). The molecule has 1 aliphatic heterocycles. The molecule has 1 unspecified atom stereocenters. The van der Waals surface area contributed by atoms with Gasteiger partial charge in [0.2, 0.25) is 0 Å². The number of benzene rings is 1. The van der Waals surface area contributed by atoms with E-state index in [1.165, 1.54) is 0 Å². The van der Waals surface area contributed by atoms with Crippen LogP contribution in [0.2, 0.25) is 0 Å². The predicted molar refractivity (Wildman–Crippen MR) is 141 cm³/mol. The summed E-state index contributed by atoms with van der Waals surface area (Å²) in [5, 5.41) is 11.6. The molecule has 190 valence electrons. The van der Waals surface area contributed by atoms with Gasteiger partial charge in [0, 0.05) is 31.7 Å². The number of aryl methyl sites for hydroxylation is 2. The Hall–Kier alpha value is -4.20. The van der Waals surface area contributed by atoms with Crippen LogP contribution in [0.1, 0.15) is 55.7 Å². The fourth-order valence-corrected chi connectivity index (χ4v) is 4.99. The van der Waals surface area contributed by atoms with E-state index in [0.29, 0.717) is 36.5 Å². The molecule has 1 aliphatic rings. The summed E-state index contributed by atoms with van der Waals surface area (Å²) >= 11 is 0. The number of aliphatic hydroxyl groups excluding tert-OH is 1. The quantitative estimate of drug-likeness (QED) is 0.238. The molecule has 0 radical (unpaired) electrons. The van der Waals surface area contributed by atoms with Crippen molar-refractivity contribution in [2.24, 2.45) is 0 Å². The summed E-state index contributed by atoms with van der Waals surface area (Å²) in [5.74, 6) is -1.50. The van der Waals surface area contributed by atoms with Crippen LogP contribution in [0.3, 0.4) is 0 Å². The molecule has 8 nitrogen and oxygen atoms in total. The van der Waals surface area contributed by atoms with Crippen molar-refractivity contribution in [3.8, 4) is 0 Å². The summed E-state index contributed by atoms with van der Waals surface area (Å²) in [6.45, 7) is 9.21. The van der Waals surface area contributed by atoms with Crippen LogP contribution in [0.4, 0.5) is 0 Å². The first-order valence-corrected chi connectivity index (χ1v) is 12.5. The Morgan fingerprint density at radius 3 is 2.46 bits per heavy atom. The Labute approximate surface area is 215 Å². The lowest BCUT2D eigenvalue weighted by atomic mass is 9.85. The van der Waals surface area contributed by atoms with Gasteiger partial charge in [-0.05, 0) is 42.0 Å². The minimum Gasteiger partial charge on any atom is -0.505 e. The number of fused-ring (bicyclic) bond motifs is 1. The predicted octanol–water partition coefficient (Wildman–Crippen LogP) is 4.65. The normalized spacial score (nSPS) is 17.7. The number of ketones is 1. The van der Waals surface area contributed by atoms with Crippen LogP contribution in [-0.2, 0) is 21.5 Å². The first-order chi connectivity index (χ1) is 17.7. The highest BCUT2D eigenvalue weighted by Crippen LogP contribution is 2.40. The number of aromatic nitrogens is 4. The lowest BCUT2D eigenvalue weighted by molar-refractivity contribution is -0.139. The highest BCUT2D eigenvalue weighted by molar-refractivity contribution is 6.46. The van der Waals surface area contributed by atoms with E-state index in [2.05, 4.69) is 30.7 Å². The number of Topliss-reactive ketones (excluding diaryl/α,β-unsaturated/α-hetero) is 1. The number of amides is 1. The van der Waals surface area contributed by atoms with E-state index in [4.69, 9.17) is 0 Å². The van der Waals surface area contributed by atoms with Crippen molar-refractivity contribution >= 4 is 23.1 Å². The third-order valence-corrected chi connectivity index (χ3v) is 6.94. The Kier molecular flexibility index (Phi) is 6.19. The summed E-state index contributed by atoms with van der Waals surface area (Å²) in [5.41, 5.74) is 3.62. The van der Waals surface area contributed by atoms with Gasteiger partial charge < -0.3 is 14.6 Å². The van der Waals surface area contributed by atoms with E-state index in [9.17, 15) is 14.7 Å². The molecule has 1 amide bonds. The molecule has 3 aromatic heterocycles. The Bertz CT molecular complexity index is 1490. The largest absolute Gasteiger partial charge is 0.505 e. The van der Waals surface area contributed by atoms with Crippen molar-refractivity contribution in [2.75, 3.05) is 6.54 Å². The molecular formula is C29H31N5O3. The zero-order valence-electron chi connectivity index (χ0n) is 21.5. The lowest BCUT2D eigenvalue weighted by Crippen LogP contribution is -2.31. The van der Waals surface area contributed by atoms with Gasteiger partial charge >= 0.3 is 0 Å². The minimum atomic E-state index is -0.703. The minimum absolute atomic E-state index is 0.0429. The second kappa shape index (κ2) is 9.35. The second-order valence-electron chi connectivity index (χ2n) is 10.5. The summed E-state index contributed by atoms with van der Waals surface area (Å²) in [7, 11) is 0. The van der Waals surface area contributed by atoms with Gasteiger partial charge in [0.1, 0.15) is 11.3 Å². The van der Waals surface area contributed by atoms with Gasteiger partial charge in [-0.15, -0.1) is 0 Å². The zero-order valence-corrected chi connectivity index (χ0v) is 21.5. The molecule has 1 N–H and O–H groups in total. The van der Waals surface area contributed by atoms with Gasteiger partial charge in [0.15, 0.2) is 5.76 Å². The highest BCUT2D eigenvalue weighted by atomic mass is 16.3. The monoisotopic (exact) mass is 497 g/mol. The van der Waals surface area contributed by atoms with Gasteiger partial charge in [-0.1, -0.05) is 51.1 Å². The van der Waals surface area contributed by atoms with Crippen molar-refractivity contribution in [3.63, 3.8) is 0 Å². The Balaban J connectivity index is 1.61. The topological polar surface area (TPSA) is 92.7 Å². The summed E-state index contributed by atoms with van der Waals surface area (Å²) in [6.07, 6.45) is 7.73. The molecule has 8 heteroatoms. The van der Waals surface area contributed by atoms with E-state index in [1.807, 2.05) is 53.2 Å². The number of carbonyl (C=O) groups excluding carboxylic acids is 2. The SMILES string of the molecule is Cc1nc2ccccn2c1C(O)=C1C(=O)C(=O)N(CCCn2ccnc2)C1c1ccc(C(C)(C)C)cc1. The number of hydrogen-bond acceptors (Lipinski definition) is 5. The van der Waals surface area contributed by atoms with Gasteiger partial charge in [-0.25, -0.2) is 9.97 Å². The lowest BCUT2D eigenvalue weighted by Gasteiger charge is -2.26. The molecule has 0 aliphatic carbocycles. The van der Waals surface area contributed by atoms with Crippen LogP contribution in [0.5, 0.6) is 0 Å². The number of hydrogen-bond donors (Lipinski definition) is 1. The molecule has 1 aromatic carbocycles. The van der Waals surface area contributed by atoms with Crippen molar-refractivity contribution < 1.29 is 14.7 Å². The van der Waals surface area contributed by atoms with E-state index < -0.39 is 17.7 Å². The van der Waals surface area contributed by atoms with Crippen LogP contribution in [0.25, 0.3) is 11.4 Å². The van der Waals surface area contributed by atoms with Crippen LogP contribution < -0.4 is 0 Å². The number of imidazole rings is 2. The van der Waals surface area contributed by atoms with Gasteiger partial charge in [0.05, 0.1) is 23.6 Å². The number of pyridine rings is 1. The number of rotatable bonds is 6. The molecule has 4 aromatic rings. The van der Waals surface area contributed by atoms with Crippen molar-refractivity contribution in [1.82, 2.24) is 23.8 Å².